The van der Waals surface area contributed by atoms with E-state index in [0.717, 1.165) is 15.9 Å². The Bertz CT molecular complexity index is 1950. The third-order valence-corrected chi connectivity index (χ3v) is 6.78. The van der Waals surface area contributed by atoms with Crippen LogP contribution in [-0.2, 0) is 7.05 Å². The number of aryl methyl sites for hydroxylation is 1. The van der Waals surface area contributed by atoms with Crippen LogP contribution in [0.4, 0.5) is 10.1 Å². The number of carbonyl (C=O) groups excluding carboxylic acids is 1. The zero-order chi connectivity index (χ0) is 27.1. The summed E-state index contributed by atoms with van der Waals surface area (Å²) in [6.07, 6.45) is 6.45. The van der Waals surface area contributed by atoms with E-state index >= 15 is 4.39 Å². The molecule has 10 heteroatoms. The SMILES string of the molecule is Cn1ccc2c(Oc3ccc(NC(=O)c4cn(-c5ccc(Br)cc5)c5ncccc5c4=O)cc3F)ccnc21. The number of anilines is 1. The molecule has 0 spiro atoms. The van der Waals surface area contributed by atoms with Crippen molar-refractivity contribution < 1.29 is 13.9 Å². The average Bonchev–Trinajstić information content (AvgIpc) is 3.32. The third-order valence-electron chi connectivity index (χ3n) is 6.25. The molecule has 6 rings (SSSR count). The summed E-state index contributed by atoms with van der Waals surface area (Å²) in [6.45, 7) is 0. The largest absolute Gasteiger partial charge is 0.453 e. The zero-order valence-corrected chi connectivity index (χ0v) is 22.0. The maximum Gasteiger partial charge on any atom is 0.261 e. The van der Waals surface area contributed by atoms with Crippen molar-refractivity contribution in [3.05, 3.63) is 118 Å². The fraction of sp³-hybridized carbons (Fsp3) is 0.0345. The molecule has 6 aromatic rings. The Kier molecular flexibility index (Phi) is 6.16. The van der Waals surface area contributed by atoms with Gasteiger partial charge in [0.2, 0.25) is 5.43 Å². The molecule has 0 saturated heterocycles. The molecule has 0 unspecified atom stereocenters. The number of hydrogen-bond donors (Lipinski definition) is 1. The minimum atomic E-state index is -0.677. The first-order valence-corrected chi connectivity index (χ1v) is 12.6. The van der Waals surface area contributed by atoms with Crippen LogP contribution in [0.2, 0.25) is 0 Å². The Morgan fingerprint density at radius 3 is 2.54 bits per heavy atom. The Balaban J connectivity index is 1.31. The van der Waals surface area contributed by atoms with E-state index in [1.165, 1.54) is 18.3 Å². The van der Waals surface area contributed by atoms with Gasteiger partial charge in [-0.1, -0.05) is 15.9 Å². The number of amides is 1. The van der Waals surface area contributed by atoms with Gasteiger partial charge in [-0.3, -0.25) is 9.59 Å². The molecular formula is C29H19BrFN5O3. The summed E-state index contributed by atoms with van der Waals surface area (Å²) >= 11 is 3.41. The van der Waals surface area contributed by atoms with E-state index in [2.05, 4.69) is 31.2 Å². The number of carbonyl (C=O) groups is 1. The van der Waals surface area contributed by atoms with Gasteiger partial charge >= 0.3 is 0 Å². The van der Waals surface area contributed by atoms with Crippen LogP contribution in [0.15, 0.2) is 101 Å². The summed E-state index contributed by atoms with van der Waals surface area (Å²) in [5, 5.41) is 3.65. The quantitative estimate of drug-likeness (QED) is 0.260. The highest BCUT2D eigenvalue weighted by molar-refractivity contribution is 9.10. The van der Waals surface area contributed by atoms with Gasteiger partial charge in [0.1, 0.15) is 22.6 Å². The van der Waals surface area contributed by atoms with Gasteiger partial charge in [-0.15, -0.1) is 0 Å². The number of nitrogens with one attached hydrogen (secondary N) is 1. The van der Waals surface area contributed by atoms with Gasteiger partial charge in [-0.25, -0.2) is 14.4 Å². The Hall–Kier alpha value is -4.83. The molecule has 39 heavy (non-hydrogen) atoms. The van der Waals surface area contributed by atoms with Crippen molar-refractivity contribution in [1.29, 1.82) is 0 Å². The second-order valence-electron chi connectivity index (χ2n) is 8.77. The number of halogens is 2. The molecule has 192 valence electrons. The Morgan fingerprint density at radius 2 is 1.74 bits per heavy atom. The number of ether oxygens (including phenoxy) is 1. The predicted octanol–water partition coefficient (Wildman–Crippen LogP) is 6.22. The molecule has 0 aliphatic rings. The monoisotopic (exact) mass is 583 g/mol. The van der Waals surface area contributed by atoms with Crippen LogP contribution >= 0.6 is 15.9 Å². The summed E-state index contributed by atoms with van der Waals surface area (Å²) in [6, 6.07) is 18.2. The number of pyridine rings is 3. The maximum atomic E-state index is 15.0. The lowest BCUT2D eigenvalue weighted by Crippen LogP contribution is -2.24. The molecule has 2 aromatic carbocycles. The van der Waals surface area contributed by atoms with Crippen molar-refractivity contribution in [2.75, 3.05) is 5.32 Å². The smallest absolute Gasteiger partial charge is 0.261 e. The third kappa shape index (κ3) is 4.55. The van der Waals surface area contributed by atoms with Gasteiger partial charge in [0.15, 0.2) is 11.6 Å². The first kappa shape index (κ1) is 24.5. The normalized spacial score (nSPS) is 11.2. The number of aromatic nitrogens is 4. The van der Waals surface area contributed by atoms with Crippen LogP contribution in [-0.4, -0.2) is 25.0 Å². The summed E-state index contributed by atoms with van der Waals surface area (Å²) in [5.41, 5.74) is 1.42. The number of fused-ring (bicyclic) bond motifs is 2. The lowest BCUT2D eigenvalue weighted by atomic mass is 10.1. The van der Waals surface area contributed by atoms with Gasteiger partial charge < -0.3 is 19.2 Å². The Labute approximate surface area is 229 Å². The van der Waals surface area contributed by atoms with Gasteiger partial charge in [0.25, 0.3) is 5.91 Å². The van der Waals surface area contributed by atoms with E-state index in [4.69, 9.17) is 4.74 Å². The number of rotatable bonds is 5. The fourth-order valence-corrected chi connectivity index (χ4v) is 4.59. The molecule has 0 saturated carbocycles. The highest BCUT2D eigenvalue weighted by Crippen LogP contribution is 2.31. The summed E-state index contributed by atoms with van der Waals surface area (Å²) in [5.74, 6) is -0.915. The van der Waals surface area contributed by atoms with Crippen LogP contribution in [0, 0.1) is 5.82 Å². The van der Waals surface area contributed by atoms with E-state index in [0.29, 0.717) is 22.7 Å². The molecule has 1 N–H and O–H groups in total. The van der Waals surface area contributed by atoms with Crippen LogP contribution in [0.5, 0.6) is 11.5 Å². The first-order valence-electron chi connectivity index (χ1n) is 11.8. The lowest BCUT2D eigenvalue weighted by Gasteiger charge is -2.13. The molecule has 8 nitrogen and oxygen atoms in total. The zero-order valence-electron chi connectivity index (χ0n) is 20.4. The molecule has 0 radical (unpaired) electrons. The van der Waals surface area contributed by atoms with Gasteiger partial charge in [0.05, 0.1) is 10.8 Å². The van der Waals surface area contributed by atoms with E-state index in [-0.39, 0.29) is 22.4 Å². The minimum absolute atomic E-state index is 0.0151. The van der Waals surface area contributed by atoms with E-state index in [1.807, 2.05) is 48.1 Å². The Morgan fingerprint density at radius 1 is 0.949 bits per heavy atom. The standard InChI is InChI=1S/C29H19BrFN5O3/c1-35-14-11-20-24(10-13-33-27(20)35)39-25-9-6-18(15-23(25)31)34-29(38)22-16-36(19-7-4-17(30)5-8-19)28-21(26(22)37)3-2-12-32-28/h2-16H,1H3,(H,34,38). The molecule has 0 bridgehead atoms. The van der Waals surface area contributed by atoms with Crippen molar-refractivity contribution >= 4 is 49.6 Å². The first-order chi connectivity index (χ1) is 18.9. The van der Waals surface area contributed by atoms with Crippen molar-refractivity contribution in [3.63, 3.8) is 0 Å². The molecule has 0 fully saturated rings. The van der Waals surface area contributed by atoms with E-state index in [9.17, 15) is 9.59 Å². The van der Waals surface area contributed by atoms with Crippen molar-refractivity contribution in [2.24, 2.45) is 7.05 Å². The van der Waals surface area contributed by atoms with Gasteiger partial charge in [-0.05, 0) is 60.7 Å². The van der Waals surface area contributed by atoms with E-state index < -0.39 is 17.2 Å². The maximum absolute atomic E-state index is 15.0. The molecule has 0 aliphatic carbocycles. The van der Waals surface area contributed by atoms with Crippen LogP contribution < -0.4 is 15.5 Å². The summed E-state index contributed by atoms with van der Waals surface area (Å²) in [4.78, 5) is 35.1. The van der Waals surface area contributed by atoms with Crippen molar-refractivity contribution in [3.8, 4) is 17.2 Å². The van der Waals surface area contributed by atoms with Gasteiger partial charge in [-0.2, -0.15) is 0 Å². The fourth-order valence-electron chi connectivity index (χ4n) is 4.33. The highest BCUT2D eigenvalue weighted by Gasteiger charge is 2.18. The molecule has 4 heterocycles. The summed E-state index contributed by atoms with van der Waals surface area (Å²) in [7, 11) is 1.86. The van der Waals surface area contributed by atoms with E-state index in [1.54, 1.807) is 35.2 Å². The van der Waals surface area contributed by atoms with Crippen LogP contribution in [0.25, 0.3) is 27.8 Å². The molecule has 0 aliphatic heterocycles. The second-order valence-corrected chi connectivity index (χ2v) is 9.68. The lowest BCUT2D eigenvalue weighted by molar-refractivity contribution is 0.102. The predicted molar refractivity (Wildman–Crippen MR) is 150 cm³/mol. The minimum Gasteiger partial charge on any atom is -0.453 e. The number of nitrogens with zero attached hydrogens (tertiary/aromatic N) is 4. The highest BCUT2D eigenvalue weighted by atomic mass is 79.9. The van der Waals surface area contributed by atoms with Crippen molar-refractivity contribution in [1.82, 2.24) is 19.1 Å². The molecular weight excluding hydrogens is 565 g/mol. The molecule has 0 atom stereocenters. The molecule has 4 aromatic heterocycles. The molecule has 1 amide bonds. The summed E-state index contributed by atoms with van der Waals surface area (Å²) < 4.78 is 25.2. The van der Waals surface area contributed by atoms with Crippen LogP contribution in [0.3, 0.4) is 0 Å². The topological polar surface area (TPSA) is 91.0 Å². The van der Waals surface area contributed by atoms with Crippen LogP contribution in [0.1, 0.15) is 10.4 Å². The van der Waals surface area contributed by atoms with Crippen molar-refractivity contribution in [2.45, 2.75) is 0 Å². The van der Waals surface area contributed by atoms with Gasteiger partial charge in [0, 0.05) is 53.7 Å². The number of hydrogen-bond acceptors (Lipinski definition) is 5. The average molecular weight is 584 g/mol. The second kappa shape index (κ2) is 9.80. The number of benzene rings is 2.